The van der Waals surface area contributed by atoms with Crippen LogP contribution >= 0.6 is 11.3 Å². The number of fused-ring (bicyclic) bond motifs is 1. The van der Waals surface area contributed by atoms with E-state index in [1.54, 1.807) is 12.1 Å². The first-order valence-electron chi connectivity index (χ1n) is 11.2. The number of amides is 1. The first kappa shape index (κ1) is 23.7. The molecule has 2 aromatic carbocycles. The first-order chi connectivity index (χ1) is 16.8. The van der Waals surface area contributed by atoms with Gasteiger partial charge in [-0.25, -0.2) is 17.8 Å². The molecule has 0 saturated carbocycles. The highest BCUT2D eigenvalue weighted by molar-refractivity contribution is 7.89. The molecular formula is C25H24FN3O4S2. The Morgan fingerprint density at radius 3 is 2.60 bits per heavy atom. The molecule has 1 aliphatic rings. The van der Waals surface area contributed by atoms with E-state index in [0.29, 0.717) is 23.7 Å². The number of halogens is 1. The summed E-state index contributed by atoms with van der Waals surface area (Å²) in [6.07, 6.45) is 2.46. The van der Waals surface area contributed by atoms with Gasteiger partial charge in [0.1, 0.15) is 17.6 Å². The molecule has 1 saturated heterocycles. The van der Waals surface area contributed by atoms with Crippen LogP contribution < -0.4 is 4.90 Å². The molecule has 0 aliphatic carbocycles. The number of aryl methyl sites for hydroxylation is 2. The Morgan fingerprint density at radius 2 is 1.91 bits per heavy atom. The summed E-state index contributed by atoms with van der Waals surface area (Å²) in [5, 5.41) is 0.491. The van der Waals surface area contributed by atoms with Crippen LogP contribution in [0.3, 0.4) is 0 Å². The van der Waals surface area contributed by atoms with Crippen LogP contribution in [0.4, 0.5) is 9.52 Å². The van der Waals surface area contributed by atoms with E-state index in [4.69, 9.17) is 9.40 Å². The van der Waals surface area contributed by atoms with Crippen LogP contribution in [0.25, 0.3) is 10.2 Å². The highest BCUT2D eigenvalue weighted by atomic mass is 32.2. The fourth-order valence-electron chi connectivity index (χ4n) is 4.36. The predicted octanol–water partition coefficient (Wildman–Crippen LogP) is 5.03. The van der Waals surface area contributed by atoms with Crippen LogP contribution in [0.5, 0.6) is 0 Å². The van der Waals surface area contributed by atoms with Gasteiger partial charge in [-0.1, -0.05) is 23.5 Å². The van der Waals surface area contributed by atoms with E-state index in [0.717, 1.165) is 33.5 Å². The lowest BCUT2D eigenvalue weighted by Gasteiger charge is -2.28. The molecule has 182 valence electrons. The molecule has 1 amide bonds. The lowest BCUT2D eigenvalue weighted by Crippen LogP contribution is -2.47. The fraction of sp³-hybridized carbons (Fsp3) is 0.280. The molecule has 1 unspecified atom stereocenters. The number of benzene rings is 2. The molecule has 5 rings (SSSR count). The number of nitrogens with zero attached hydrogens (tertiary/aromatic N) is 3. The number of thiazole rings is 1. The molecule has 10 heteroatoms. The summed E-state index contributed by atoms with van der Waals surface area (Å²) in [4.78, 5) is 20.2. The zero-order valence-corrected chi connectivity index (χ0v) is 20.9. The predicted molar refractivity (Wildman–Crippen MR) is 132 cm³/mol. The van der Waals surface area contributed by atoms with Crippen molar-refractivity contribution in [3.63, 3.8) is 0 Å². The molecule has 1 fully saturated rings. The minimum atomic E-state index is -3.99. The van der Waals surface area contributed by atoms with Crippen LogP contribution in [0.2, 0.25) is 0 Å². The summed E-state index contributed by atoms with van der Waals surface area (Å²) in [6, 6.07) is 11.3. The van der Waals surface area contributed by atoms with Gasteiger partial charge in [0, 0.05) is 6.54 Å². The zero-order chi connectivity index (χ0) is 24.7. The van der Waals surface area contributed by atoms with Gasteiger partial charge in [0.25, 0.3) is 0 Å². The van der Waals surface area contributed by atoms with Crippen LogP contribution in [0, 0.1) is 19.7 Å². The maximum Gasteiger partial charge on any atom is 0.247 e. The van der Waals surface area contributed by atoms with Gasteiger partial charge >= 0.3 is 0 Å². The third kappa shape index (κ3) is 4.37. The van der Waals surface area contributed by atoms with Crippen molar-refractivity contribution in [3.8, 4) is 0 Å². The second-order valence-electron chi connectivity index (χ2n) is 8.60. The molecule has 1 aliphatic heterocycles. The molecule has 3 heterocycles. The number of hydrogen-bond donors (Lipinski definition) is 0. The van der Waals surface area contributed by atoms with Crippen molar-refractivity contribution >= 4 is 42.6 Å². The molecule has 0 spiro atoms. The number of sulfonamides is 1. The molecule has 0 radical (unpaired) electrons. The molecule has 7 nitrogen and oxygen atoms in total. The van der Waals surface area contributed by atoms with E-state index in [-0.39, 0.29) is 23.9 Å². The lowest BCUT2D eigenvalue weighted by molar-refractivity contribution is -0.121. The topological polar surface area (TPSA) is 83.7 Å². The molecule has 35 heavy (non-hydrogen) atoms. The molecule has 2 aromatic heterocycles. The lowest BCUT2D eigenvalue weighted by atomic mass is 10.1. The molecule has 0 bridgehead atoms. The van der Waals surface area contributed by atoms with E-state index < -0.39 is 21.9 Å². The Morgan fingerprint density at radius 1 is 1.17 bits per heavy atom. The third-order valence-electron chi connectivity index (χ3n) is 6.23. The largest absolute Gasteiger partial charge is 0.467 e. The summed E-state index contributed by atoms with van der Waals surface area (Å²) in [5.74, 6) is -0.319. The number of anilines is 1. The minimum absolute atomic E-state index is 0.0394. The van der Waals surface area contributed by atoms with Gasteiger partial charge in [0.05, 0.1) is 27.9 Å². The van der Waals surface area contributed by atoms with E-state index in [1.165, 1.54) is 38.9 Å². The Hall–Kier alpha value is -3.08. The fourth-order valence-corrected chi connectivity index (χ4v) is 7.13. The second-order valence-corrected chi connectivity index (χ2v) is 11.5. The standard InChI is InChI=1S/C25H24FN3O4S2/c1-16-7-8-17(2)23-22(16)27-25(34-23)28(15-19-5-4-14-33-19)24(30)21-6-3-13-29(21)35(31,32)20-11-9-18(26)10-12-20/h4-5,7-12,14,21H,3,6,13,15H2,1-2H3. The minimum Gasteiger partial charge on any atom is -0.467 e. The number of aromatic nitrogens is 1. The maximum absolute atomic E-state index is 13.9. The number of hydrogen-bond acceptors (Lipinski definition) is 6. The van der Waals surface area contributed by atoms with Crippen LogP contribution in [-0.4, -0.2) is 36.2 Å². The van der Waals surface area contributed by atoms with Gasteiger partial charge in [0.2, 0.25) is 15.9 Å². The summed E-state index contributed by atoms with van der Waals surface area (Å²) >= 11 is 1.40. The highest BCUT2D eigenvalue weighted by Gasteiger charge is 2.42. The van der Waals surface area contributed by atoms with Crippen molar-refractivity contribution in [2.75, 3.05) is 11.4 Å². The smallest absolute Gasteiger partial charge is 0.247 e. The summed E-state index contributed by atoms with van der Waals surface area (Å²) in [6.45, 7) is 4.31. The van der Waals surface area contributed by atoms with Crippen molar-refractivity contribution in [1.29, 1.82) is 0 Å². The average Bonchev–Trinajstić information content (AvgIpc) is 3.60. The molecule has 4 aromatic rings. The van der Waals surface area contributed by atoms with E-state index in [2.05, 4.69) is 0 Å². The van der Waals surface area contributed by atoms with Gasteiger partial charge in [-0.3, -0.25) is 9.69 Å². The zero-order valence-electron chi connectivity index (χ0n) is 19.3. The SMILES string of the molecule is Cc1ccc(C)c2sc(N(Cc3ccco3)C(=O)C3CCCN3S(=O)(=O)c3ccc(F)cc3)nc12. The Balaban J connectivity index is 1.54. The second kappa shape index (κ2) is 9.18. The third-order valence-corrected chi connectivity index (χ3v) is 9.37. The van der Waals surface area contributed by atoms with Crippen molar-refractivity contribution in [3.05, 3.63) is 77.5 Å². The number of carbonyl (C=O) groups excluding carboxylic acids is 1. The summed E-state index contributed by atoms with van der Waals surface area (Å²) in [7, 11) is -3.99. The molecule has 1 atom stereocenters. The summed E-state index contributed by atoms with van der Waals surface area (Å²) < 4.78 is 47.8. The normalized spacial score (nSPS) is 16.7. The van der Waals surface area contributed by atoms with Gasteiger partial charge in [-0.15, -0.1) is 0 Å². The number of furan rings is 1. The van der Waals surface area contributed by atoms with Gasteiger partial charge in [-0.05, 0) is 74.2 Å². The number of rotatable bonds is 6. The first-order valence-corrected chi connectivity index (χ1v) is 13.5. The summed E-state index contributed by atoms with van der Waals surface area (Å²) in [5.41, 5.74) is 2.88. The Bertz CT molecular complexity index is 1440. The quantitative estimate of drug-likeness (QED) is 0.361. The van der Waals surface area contributed by atoms with Crippen LogP contribution in [0.15, 0.2) is 64.1 Å². The Kier molecular flexibility index (Phi) is 6.20. The highest BCUT2D eigenvalue weighted by Crippen LogP contribution is 2.36. The van der Waals surface area contributed by atoms with E-state index in [1.807, 2.05) is 26.0 Å². The number of carbonyl (C=O) groups is 1. The van der Waals surface area contributed by atoms with Crippen molar-refractivity contribution in [2.45, 2.75) is 44.2 Å². The van der Waals surface area contributed by atoms with Gasteiger partial charge < -0.3 is 4.42 Å². The van der Waals surface area contributed by atoms with Crippen molar-refractivity contribution < 1.29 is 22.0 Å². The van der Waals surface area contributed by atoms with Gasteiger partial charge in [0.15, 0.2) is 5.13 Å². The van der Waals surface area contributed by atoms with Gasteiger partial charge in [-0.2, -0.15) is 4.31 Å². The average molecular weight is 514 g/mol. The van der Waals surface area contributed by atoms with Crippen molar-refractivity contribution in [2.24, 2.45) is 0 Å². The van der Waals surface area contributed by atoms with Crippen LogP contribution in [-0.2, 0) is 21.4 Å². The Labute approximate surface area is 206 Å². The van der Waals surface area contributed by atoms with E-state index in [9.17, 15) is 17.6 Å². The monoisotopic (exact) mass is 513 g/mol. The van der Waals surface area contributed by atoms with E-state index >= 15 is 0 Å². The maximum atomic E-state index is 13.9. The molecule has 0 N–H and O–H groups in total. The van der Waals surface area contributed by atoms with Crippen molar-refractivity contribution in [1.82, 2.24) is 9.29 Å². The van der Waals surface area contributed by atoms with Crippen LogP contribution in [0.1, 0.15) is 29.7 Å². The molecular weight excluding hydrogens is 489 g/mol.